The molecule has 0 aromatic heterocycles. The maximum absolute atomic E-state index is 6.18. The predicted molar refractivity (Wildman–Crippen MR) is 89.5 cm³/mol. The smallest absolute Gasteiger partial charge is 0.193 e. The van der Waals surface area contributed by atoms with E-state index in [-0.39, 0.29) is 6.04 Å². The normalized spacial score (nSPS) is 20.8. The zero-order valence-corrected chi connectivity index (χ0v) is 13.7. The Kier molecular flexibility index (Phi) is 5.18. The second kappa shape index (κ2) is 7.31. The van der Waals surface area contributed by atoms with Gasteiger partial charge in [0.15, 0.2) is 5.96 Å². The number of nitrogens with one attached hydrogen (secondary N) is 1. The van der Waals surface area contributed by atoms with Gasteiger partial charge in [-0.2, -0.15) is 0 Å². The molecule has 0 bridgehead atoms. The van der Waals surface area contributed by atoms with E-state index in [1.165, 1.54) is 5.56 Å². The first-order valence-corrected chi connectivity index (χ1v) is 8.18. The molecule has 3 rings (SSSR count). The van der Waals surface area contributed by atoms with E-state index >= 15 is 0 Å². The molecule has 0 amide bonds. The van der Waals surface area contributed by atoms with Gasteiger partial charge in [0, 0.05) is 38.2 Å². The van der Waals surface area contributed by atoms with Crippen LogP contribution in [0.25, 0.3) is 0 Å². The lowest BCUT2D eigenvalue weighted by Gasteiger charge is -2.35. The van der Waals surface area contributed by atoms with Crippen molar-refractivity contribution >= 4 is 17.6 Å². The van der Waals surface area contributed by atoms with Crippen molar-refractivity contribution in [2.24, 2.45) is 4.99 Å². The van der Waals surface area contributed by atoms with Gasteiger partial charge in [-0.05, 0) is 17.7 Å². The van der Waals surface area contributed by atoms with Crippen molar-refractivity contribution in [2.45, 2.75) is 6.04 Å². The largest absolute Gasteiger partial charge is 0.379 e. The van der Waals surface area contributed by atoms with Crippen LogP contribution in [-0.2, 0) is 4.74 Å². The topological polar surface area (TPSA) is 40.1 Å². The fraction of sp³-hybridized carbons (Fsp3) is 0.562. The van der Waals surface area contributed by atoms with Crippen LogP contribution in [0.5, 0.6) is 0 Å². The average molecular weight is 323 g/mol. The quantitative estimate of drug-likeness (QED) is 0.914. The van der Waals surface area contributed by atoms with E-state index < -0.39 is 0 Å². The van der Waals surface area contributed by atoms with Crippen molar-refractivity contribution in [1.82, 2.24) is 15.1 Å². The lowest BCUT2D eigenvalue weighted by atomic mass is 10.0. The number of hydrogen-bond acceptors (Lipinski definition) is 5. The SMILES string of the molecule is CN1CCN=C1NCC(c1cccc(Cl)c1)N1CCOCC1. The second-order valence-corrected chi connectivity index (χ2v) is 6.16. The summed E-state index contributed by atoms with van der Waals surface area (Å²) in [5.41, 5.74) is 1.24. The maximum atomic E-state index is 6.18. The molecule has 1 fully saturated rings. The Bertz CT molecular complexity index is 531. The van der Waals surface area contributed by atoms with E-state index in [4.69, 9.17) is 16.3 Å². The van der Waals surface area contributed by atoms with Gasteiger partial charge in [-0.15, -0.1) is 0 Å². The Morgan fingerprint density at radius 1 is 1.32 bits per heavy atom. The van der Waals surface area contributed by atoms with Crippen LogP contribution < -0.4 is 5.32 Å². The standard InChI is InChI=1S/C16H23ClN4O/c1-20-6-5-18-16(20)19-12-15(21-7-9-22-10-8-21)13-3-2-4-14(17)11-13/h2-4,11,15H,5-10,12H2,1H3,(H,18,19). The van der Waals surface area contributed by atoms with Crippen molar-refractivity contribution < 1.29 is 4.74 Å². The highest BCUT2D eigenvalue weighted by Crippen LogP contribution is 2.24. The third-order valence-electron chi connectivity index (χ3n) is 4.23. The Hall–Kier alpha value is -1.30. The molecule has 5 nitrogen and oxygen atoms in total. The molecule has 6 heteroatoms. The monoisotopic (exact) mass is 322 g/mol. The van der Waals surface area contributed by atoms with Gasteiger partial charge in [0.05, 0.1) is 25.8 Å². The Balaban J connectivity index is 1.73. The van der Waals surface area contributed by atoms with Crippen LogP contribution in [-0.4, -0.2) is 68.7 Å². The molecule has 2 aliphatic heterocycles. The minimum absolute atomic E-state index is 0.277. The highest BCUT2D eigenvalue weighted by molar-refractivity contribution is 6.30. The zero-order valence-electron chi connectivity index (χ0n) is 13.0. The van der Waals surface area contributed by atoms with Crippen LogP contribution in [0.2, 0.25) is 5.02 Å². The van der Waals surface area contributed by atoms with Gasteiger partial charge in [-0.3, -0.25) is 9.89 Å². The Labute approximate surface area is 136 Å². The molecule has 1 atom stereocenters. The van der Waals surface area contributed by atoms with Crippen LogP contribution in [0.1, 0.15) is 11.6 Å². The summed E-state index contributed by atoms with van der Waals surface area (Å²) in [4.78, 5) is 9.12. The number of rotatable bonds is 4. The first kappa shape index (κ1) is 15.6. The van der Waals surface area contributed by atoms with Crippen LogP contribution in [0, 0.1) is 0 Å². The molecule has 1 aromatic carbocycles. The number of morpholine rings is 1. The fourth-order valence-corrected chi connectivity index (χ4v) is 3.17. The summed E-state index contributed by atoms with van der Waals surface area (Å²) in [7, 11) is 2.07. The van der Waals surface area contributed by atoms with Crippen LogP contribution in [0.3, 0.4) is 0 Å². The van der Waals surface area contributed by atoms with Crippen molar-refractivity contribution in [3.8, 4) is 0 Å². The second-order valence-electron chi connectivity index (χ2n) is 5.73. The van der Waals surface area contributed by atoms with Gasteiger partial charge >= 0.3 is 0 Å². The minimum atomic E-state index is 0.277. The number of hydrogen-bond donors (Lipinski definition) is 1. The van der Waals surface area contributed by atoms with Crippen LogP contribution in [0.15, 0.2) is 29.3 Å². The number of halogens is 1. The molecule has 2 heterocycles. The highest BCUT2D eigenvalue weighted by atomic mass is 35.5. The first-order chi connectivity index (χ1) is 10.7. The summed E-state index contributed by atoms with van der Waals surface area (Å²) in [6.07, 6.45) is 0. The molecule has 1 N–H and O–H groups in total. The number of ether oxygens (including phenoxy) is 1. The van der Waals surface area contributed by atoms with Gasteiger partial charge in [0.25, 0.3) is 0 Å². The molecule has 2 aliphatic rings. The molecule has 1 unspecified atom stereocenters. The molecule has 1 saturated heterocycles. The summed E-state index contributed by atoms with van der Waals surface area (Å²) in [6.45, 7) is 6.15. The lowest BCUT2D eigenvalue weighted by Crippen LogP contribution is -2.45. The van der Waals surface area contributed by atoms with Gasteiger partial charge in [-0.25, -0.2) is 0 Å². The zero-order chi connectivity index (χ0) is 15.4. The molecule has 0 spiro atoms. The summed E-state index contributed by atoms with van der Waals surface area (Å²) in [6, 6.07) is 8.42. The number of likely N-dealkylation sites (N-methyl/N-ethyl adjacent to an activating group) is 1. The van der Waals surface area contributed by atoms with Gasteiger partial charge < -0.3 is 15.0 Å². The fourth-order valence-electron chi connectivity index (χ4n) is 2.97. The van der Waals surface area contributed by atoms with E-state index in [0.29, 0.717) is 0 Å². The van der Waals surface area contributed by atoms with E-state index in [2.05, 4.69) is 39.3 Å². The van der Waals surface area contributed by atoms with Crippen molar-refractivity contribution in [3.05, 3.63) is 34.9 Å². The average Bonchev–Trinajstić information content (AvgIpc) is 2.94. The maximum Gasteiger partial charge on any atom is 0.193 e. The summed E-state index contributed by atoms with van der Waals surface area (Å²) in [5.74, 6) is 0.986. The minimum Gasteiger partial charge on any atom is -0.379 e. The van der Waals surface area contributed by atoms with Crippen molar-refractivity contribution in [3.63, 3.8) is 0 Å². The number of guanidine groups is 1. The lowest BCUT2D eigenvalue weighted by molar-refractivity contribution is 0.0169. The molecular weight excluding hydrogens is 300 g/mol. The number of benzene rings is 1. The molecule has 0 radical (unpaired) electrons. The number of aliphatic imine (C=N–C) groups is 1. The highest BCUT2D eigenvalue weighted by Gasteiger charge is 2.24. The Morgan fingerprint density at radius 2 is 2.14 bits per heavy atom. The summed E-state index contributed by atoms with van der Waals surface area (Å²) < 4.78 is 5.48. The summed E-state index contributed by atoms with van der Waals surface area (Å²) in [5, 5.41) is 4.28. The van der Waals surface area contributed by atoms with Crippen LogP contribution in [0.4, 0.5) is 0 Å². The van der Waals surface area contributed by atoms with Crippen molar-refractivity contribution in [2.75, 3.05) is 53.0 Å². The summed E-state index contributed by atoms with van der Waals surface area (Å²) >= 11 is 6.18. The van der Waals surface area contributed by atoms with E-state index in [1.807, 2.05) is 12.1 Å². The van der Waals surface area contributed by atoms with Gasteiger partial charge in [0.2, 0.25) is 0 Å². The van der Waals surface area contributed by atoms with E-state index in [0.717, 1.165) is 56.9 Å². The number of nitrogens with zero attached hydrogens (tertiary/aromatic N) is 3. The third-order valence-corrected chi connectivity index (χ3v) is 4.47. The molecule has 1 aromatic rings. The van der Waals surface area contributed by atoms with Crippen LogP contribution >= 0.6 is 11.6 Å². The van der Waals surface area contributed by atoms with Gasteiger partial charge in [0.1, 0.15) is 0 Å². The van der Waals surface area contributed by atoms with Crippen molar-refractivity contribution in [1.29, 1.82) is 0 Å². The Morgan fingerprint density at radius 3 is 2.82 bits per heavy atom. The molecule has 22 heavy (non-hydrogen) atoms. The molecule has 120 valence electrons. The third kappa shape index (κ3) is 3.72. The first-order valence-electron chi connectivity index (χ1n) is 7.81. The predicted octanol–water partition coefficient (Wildman–Crippen LogP) is 1.60. The molecule has 0 saturated carbocycles. The van der Waals surface area contributed by atoms with Gasteiger partial charge in [-0.1, -0.05) is 23.7 Å². The van der Waals surface area contributed by atoms with E-state index in [1.54, 1.807) is 0 Å². The molecular formula is C16H23ClN4O. The van der Waals surface area contributed by atoms with E-state index in [9.17, 15) is 0 Å². The molecule has 0 aliphatic carbocycles.